The smallest absolute Gasteiger partial charge is 0.308 e. The van der Waals surface area contributed by atoms with Gasteiger partial charge in [-0.1, -0.05) is 31.5 Å². The number of rotatable bonds is 4. The van der Waals surface area contributed by atoms with Crippen LogP contribution in [0.1, 0.15) is 31.7 Å². The number of carbonyl (C=O) groups is 2. The Morgan fingerprint density at radius 3 is 2.79 bits per heavy atom. The van der Waals surface area contributed by atoms with Gasteiger partial charge in [-0.2, -0.15) is 0 Å². The summed E-state index contributed by atoms with van der Waals surface area (Å²) in [4.78, 5) is 25.1. The zero-order valence-corrected chi connectivity index (χ0v) is 11.1. The fourth-order valence-corrected chi connectivity index (χ4v) is 2.46. The number of carbonyl (C=O) groups excluding carboxylic acids is 1. The molecule has 4 nitrogen and oxygen atoms in total. The van der Waals surface area contributed by atoms with Crippen molar-refractivity contribution in [1.82, 2.24) is 0 Å². The number of amides is 1. The van der Waals surface area contributed by atoms with E-state index in [1.165, 1.54) is 0 Å². The molecule has 0 saturated carbocycles. The van der Waals surface area contributed by atoms with E-state index in [-0.39, 0.29) is 12.5 Å². The average Bonchev–Trinajstić information content (AvgIpc) is 2.43. The second-order valence-electron chi connectivity index (χ2n) is 4.98. The van der Waals surface area contributed by atoms with Crippen LogP contribution < -0.4 is 4.90 Å². The van der Waals surface area contributed by atoms with Crippen LogP contribution in [0.25, 0.3) is 0 Å². The van der Waals surface area contributed by atoms with Crippen molar-refractivity contribution < 1.29 is 14.7 Å². The van der Waals surface area contributed by atoms with Gasteiger partial charge in [0.1, 0.15) is 0 Å². The van der Waals surface area contributed by atoms with Crippen LogP contribution in [-0.4, -0.2) is 23.5 Å². The predicted molar refractivity (Wildman–Crippen MR) is 73.1 cm³/mol. The number of benzene rings is 1. The number of anilines is 1. The molecule has 1 aromatic carbocycles. The highest BCUT2D eigenvalue weighted by molar-refractivity contribution is 5.95. The predicted octanol–water partition coefficient (Wildman–Crippen LogP) is 2.47. The topological polar surface area (TPSA) is 57.6 Å². The van der Waals surface area contributed by atoms with Crippen molar-refractivity contribution in [2.45, 2.75) is 32.6 Å². The second-order valence-corrected chi connectivity index (χ2v) is 4.98. The van der Waals surface area contributed by atoms with E-state index in [9.17, 15) is 14.7 Å². The van der Waals surface area contributed by atoms with Crippen molar-refractivity contribution >= 4 is 17.6 Å². The molecule has 0 saturated heterocycles. The van der Waals surface area contributed by atoms with Crippen LogP contribution in [0, 0.1) is 5.92 Å². The molecule has 1 atom stereocenters. The molecule has 1 amide bonds. The van der Waals surface area contributed by atoms with E-state index in [0.717, 1.165) is 24.1 Å². The molecule has 0 radical (unpaired) electrons. The van der Waals surface area contributed by atoms with Gasteiger partial charge in [-0.25, -0.2) is 0 Å². The van der Waals surface area contributed by atoms with E-state index >= 15 is 0 Å². The molecular weight excluding hydrogens is 242 g/mol. The van der Waals surface area contributed by atoms with Gasteiger partial charge < -0.3 is 10.0 Å². The Bertz CT molecular complexity index is 484. The number of para-hydroxylation sites is 1. The summed E-state index contributed by atoms with van der Waals surface area (Å²) in [6.45, 7) is 2.33. The van der Waals surface area contributed by atoms with E-state index < -0.39 is 11.9 Å². The molecule has 0 aliphatic carbocycles. The molecule has 1 aromatic rings. The number of hydrogen-bond donors (Lipinski definition) is 1. The van der Waals surface area contributed by atoms with Crippen molar-refractivity contribution in [3.8, 4) is 0 Å². The zero-order chi connectivity index (χ0) is 13.8. The standard InChI is InChI=1S/C15H19NO3/c1-2-3-8-14(17)16-10-12(15(18)19)9-11-6-4-5-7-13(11)16/h4-7,12H,2-3,8-10H2,1H3,(H,18,19). The molecule has 0 fully saturated rings. The highest BCUT2D eigenvalue weighted by Gasteiger charge is 2.31. The maximum Gasteiger partial charge on any atom is 0.308 e. The summed E-state index contributed by atoms with van der Waals surface area (Å²) < 4.78 is 0. The normalized spacial score (nSPS) is 17.9. The SMILES string of the molecule is CCCCC(=O)N1CC(C(=O)O)Cc2ccccc21. The Kier molecular flexibility index (Phi) is 4.20. The van der Waals surface area contributed by atoms with Crippen LogP contribution in [0.15, 0.2) is 24.3 Å². The number of carboxylic acid groups (broad SMARTS) is 1. The van der Waals surface area contributed by atoms with Crippen molar-refractivity contribution in [3.05, 3.63) is 29.8 Å². The minimum Gasteiger partial charge on any atom is -0.481 e. The number of nitrogens with zero attached hydrogens (tertiary/aromatic N) is 1. The van der Waals surface area contributed by atoms with Gasteiger partial charge in [0, 0.05) is 18.7 Å². The first kappa shape index (κ1) is 13.6. The molecule has 0 bridgehead atoms. The monoisotopic (exact) mass is 261 g/mol. The molecule has 1 aliphatic rings. The van der Waals surface area contributed by atoms with Gasteiger partial charge in [-0.3, -0.25) is 9.59 Å². The van der Waals surface area contributed by atoms with E-state index in [2.05, 4.69) is 0 Å². The molecular formula is C15H19NO3. The largest absolute Gasteiger partial charge is 0.481 e. The zero-order valence-electron chi connectivity index (χ0n) is 11.1. The summed E-state index contributed by atoms with van der Waals surface area (Å²) in [6.07, 6.45) is 2.79. The van der Waals surface area contributed by atoms with Gasteiger partial charge in [0.25, 0.3) is 0 Å². The number of unbranched alkanes of at least 4 members (excludes halogenated alkanes) is 1. The van der Waals surface area contributed by atoms with Crippen LogP contribution in [-0.2, 0) is 16.0 Å². The first-order valence-electron chi connectivity index (χ1n) is 6.74. The lowest BCUT2D eigenvalue weighted by atomic mass is 9.92. The van der Waals surface area contributed by atoms with E-state index in [4.69, 9.17) is 0 Å². The quantitative estimate of drug-likeness (QED) is 0.905. The highest BCUT2D eigenvalue weighted by Crippen LogP contribution is 2.30. The number of hydrogen-bond acceptors (Lipinski definition) is 2. The lowest BCUT2D eigenvalue weighted by Gasteiger charge is -2.33. The first-order valence-corrected chi connectivity index (χ1v) is 6.74. The summed E-state index contributed by atoms with van der Waals surface area (Å²) in [5.41, 5.74) is 1.83. The molecule has 0 spiro atoms. The van der Waals surface area contributed by atoms with Gasteiger partial charge in [0.05, 0.1) is 5.92 Å². The maximum absolute atomic E-state index is 12.2. The van der Waals surface area contributed by atoms with Gasteiger partial charge >= 0.3 is 5.97 Å². The molecule has 1 heterocycles. The van der Waals surface area contributed by atoms with Gasteiger partial charge in [-0.15, -0.1) is 0 Å². The Labute approximate surface area is 113 Å². The summed E-state index contributed by atoms with van der Waals surface area (Å²) in [7, 11) is 0. The molecule has 1 N–H and O–H groups in total. The molecule has 2 rings (SSSR count). The van der Waals surface area contributed by atoms with E-state index in [0.29, 0.717) is 12.8 Å². The van der Waals surface area contributed by atoms with Gasteiger partial charge in [-0.05, 0) is 24.5 Å². The fourth-order valence-electron chi connectivity index (χ4n) is 2.46. The minimum atomic E-state index is -0.831. The molecule has 102 valence electrons. The van der Waals surface area contributed by atoms with E-state index in [1.807, 2.05) is 31.2 Å². The Morgan fingerprint density at radius 1 is 1.37 bits per heavy atom. The summed E-state index contributed by atoms with van der Waals surface area (Å²) >= 11 is 0. The average molecular weight is 261 g/mol. The molecule has 1 aliphatic heterocycles. The Morgan fingerprint density at radius 2 is 2.11 bits per heavy atom. The van der Waals surface area contributed by atoms with Crippen LogP contribution >= 0.6 is 0 Å². The number of fused-ring (bicyclic) bond motifs is 1. The number of carboxylic acids is 1. The van der Waals surface area contributed by atoms with Crippen molar-refractivity contribution in [2.75, 3.05) is 11.4 Å². The summed E-state index contributed by atoms with van der Waals surface area (Å²) in [5.74, 6) is -1.30. The third-order valence-corrected chi connectivity index (χ3v) is 3.55. The second kappa shape index (κ2) is 5.87. The third-order valence-electron chi connectivity index (χ3n) is 3.55. The van der Waals surface area contributed by atoms with Crippen molar-refractivity contribution in [1.29, 1.82) is 0 Å². The highest BCUT2D eigenvalue weighted by atomic mass is 16.4. The minimum absolute atomic E-state index is 0.0280. The van der Waals surface area contributed by atoms with Crippen LogP contribution in [0.2, 0.25) is 0 Å². The van der Waals surface area contributed by atoms with Crippen LogP contribution in [0.4, 0.5) is 5.69 Å². The van der Waals surface area contributed by atoms with Gasteiger partial charge in [0.2, 0.25) is 5.91 Å². The summed E-state index contributed by atoms with van der Waals surface area (Å²) in [5, 5.41) is 9.20. The maximum atomic E-state index is 12.2. The third kappa shape index (κ3) is 2.95. The van der Waals surface area contributed by atoms with Gasteiger partial charge in [0.15, 0.2) is 0 Å². The Balaban J connectivity index is 2.26. The van der Waals surface area contributed by atoms with Crippen molar-refractivity contribution in [3.63, 3.8) is 0 Å². The fraction of sp³-hybridized carbons (Fsp3) is 0.467. The van der Waals surface area contributed by atoms with Crippen LogP contribution in [0.3, 0.4) is 0 Å². The molecule has 1 unspecified atom stereocenters. The van der Waals surface area contributed by atoms with E-state index in [1.54, 1.807) is 4.90 Å². The lowest BCUT2D eigenvalue weighted by Crippen LogP contribution is -2.42. The lowest BCUT2D eigenvalue weighted by molar-refractivity contribution is -0.141. The summed E-state index contributed by atoms with van der Waals surface area (Å²) in [6, 6.07) is 7.58. The first-order chi connectivity index (χ1) is 9.13. The van der Waals surface area contributed by atoms with Crippen molar-refractivity contribution in [2.24, 2.45) is 5.92 Å². The Hall–Kier alpha value is -1.84. The molecule has 4 heteroatoms. The number of aliphatic carboxylic acids is 1. The molecule has 19 heavy (non-hydrogen) atoms. The molecule has 0 aromatic heterocycles. The van der Waals surface area contributed by atoms with Crippen LogP contribution in [0.5, 0.6) is 0 Å².